The lowest BCUT2D eigenvalue weighted by Gasteiger charge is -2.40. The Labute approximate surface area is 103 Å². The number of rotatable bonds is 1. The summed E-state index contributed by atoms with van der Waals surface area (Å²) >= 11 is 0. The molecule has 1 aromatic carbocycles. The molecule has 0 radical (unpaired) electrons. The van der Waals surface area contributed by atoms with Crippen LogP contribution in [0.1, 0.15) is 24.3 Å². The van der Waals surface area contributed by atoms with E-state index in [4.69, 9.17) is 10.5 Å². The maximum absolute atomic E-state index is 6.28. The third-order valence-electron chi connectivity index (χ3n) is 4.31. The van der Waals surface area contributed by atoms with E-state index in [1.54, 1.807) is 0 Å². The lowest BCUT2D eigenvalue weighted by molar-refractivity contribution is 0.00819. The molecule has 0 bridgehead atoms. The molecule has 92 valence electrons. The number of hydrogen-bond donors (Lipinski definition) is 1. The maximum atomic E-state index is 6.28. The average Bonchev–Trinajstić information content (AvgIpc) is 2.66. The van der Waals surface area contributed by atoms with Gasteiger partial charge in [-0.25, -0.2) is 0 Å². The molecular formula is C14H20N2O. The molecule has 2 aliphatic rings. The van der Waals surface area contributed by atoms with Crippen LogP contribution in [0.4, 0.5) is 0 Å². The zero-order valence-electron chi connectivity index (χ0n) is 10.4. The second-order valence-electron chi connectivity index (χ2n) is 5.30. The quantitative estimate of drug-likeness (QED) is 0.799. The van der Waals surface area contributed by atoms with Gasteiger partial charge in [0.1, 0.15) is 11.4 Å². The summed E-state index contributed by atoms with van der Waals surface area (Å²) < 4.78 is 6.28. The first-order valence-corrected chi connectivity index (χ1v) is 6.42. The van der Waals surface area contributed by atoms with Crippen LogP contribution in [0.2, 0.25) is 0 Å². The predicted molar refractivity (Wildman–Crippen MR) is 68.3 cm³/mol. The van der Waals surface area contributed by atoms with Crippen LogP contribution in [0.3, 0.4) is 0 Å². The van der Waals surface area contributed by atoms with Gasteiger partial charge in [-0.2, -0.15) is 0 Å². The number of benzene rings is 1. The fourth-order valence-corrected chi connectivity index (χ4v) is 3.22. The number of nitrogens with zero attached hydrogens (tertiary/aromatic N) is 1. The fourth-order valence-electron chi connectivity index (χ4n) is 3.22. The molecule has 1 fully saturated rings. The number of likely N-dealkylation sites (tertiary alicyclic amines) is 1. The Bertz CT molecular complexity index is 410. The van der Waals surface area contributed by atoms with Gasteiger partial charge in [-0.05, 0) is 13.1 Å². The molecule has 3 nitrogen and oxygen atoms in total. The van der Waals surface area contributed by atoms with Gasteiger partial charge in [0.05, 0.1) is 0 Å². The summed E-state index contributed by atoms with van der Waals surface area (Å²) in [4.78, 5) is 2.37. The Kier molecular flexibility index (Phi) is 2.60. The minimum atomic E-state index is -0.0368. The van der Waals surface area contributed by atoms with Crippen molar-refractivity contribution in [1.29, 1.82) is 0 Å². The minimum Gasteiger partial charge on any atom is -0.486 e. The normalized spacial score (nSPS) is 26.8. The molecule has 1 spiro atoms. The second kappa shape index (κ2) is 4.00. The summed E-state index contributed by atoms with van der Waals surface area (Å²) in [5.74, 6) is 1.42. The molecule has 2 N–H and O–H groups in total. The number of piperidine rings is 1. The van der Waals surface area contributed by atoms with E-state index < -0.39 is 0 Å². The topological polar surface area (TPSA) is 38.5 Å². The average molecular weight is 232 g/mol. The van der Waals surface area contributed by atoms with Crippen LogP contribution in [-0.4, -0.2) is 37.2 Å². The van der Waals surface area contributed by atoms with Gasteiger partial charge in [0.15, 0.2) is 0 Å². The van der Waals surface area contributed by atoms with Gasteiger partial charge in [-0.3, -0.25) is 0 Å². The molecule has 1 unspecified atom stereocenters. The van der Waals surface area contributed by atoms with Crippen molar-refractivity contribution in [2.75, 3.05) is 26.7 Å². The molecule has 0 saturated carbocycles. The summed E-state index contributed by atoms with van der Waals surface area (Å²) in [7, 11) is 2.17. The summed E-state index contributed by atoms with van der Waals surface area (Å²) in [5, 5.41) is 0. The standard InChI is InChI=1S/C14H20N2O/c1-16-8-6-14(7-9-16)12(10-15)11-4-2-3-5-13(11)17-14/h2-5,12H,6-10,15H2,1H3. The van der Waals surface area contributed by atoms with E-state index in [1.807, 2.05) is 6.07 Å². The first-order valence-electron chi connectivity index (χ1n) is 6.42. The highest BCUT2D eigenvalue weighted by Gasteiger charge is 2.48. The summed E-state index contributed by atoms with van der Waals surface area (Å²) in [6, 6.07) is 8.37. The van der Waals surface area contributed by atoms with Crippen LogP contribution in [0.5, 0.6) is 5.75 Å². The van der Waals surface area contributed by atoms with Crippen molar-refractivity contribution in [1.82, 2.24) is 4.90 Å². The largest absolute Gasteiger partial charge is 0.486 e. The van der Waals surface area contributed by atoms with Crippen molar-refractivity contribution in [2.45, 2.75) is 24.4 Å². The van der Waals surface area contributed by atoms with Crippen molar-refractivity contribution in [3.63, 3.8) is 0 Å². The molecule has 2 heterocycles. The Morgan fingerprint density at radius 3 is 2.76 bits per heavy atom. The Morgan fingerprint density at radius 2 is 2.06 bits per heavy atom. The predicted octanol–water partition coefficient (Wildman–Crippen LogP) is 1.59. The molecule has 1 saturated heterocycles. The molecule has 17 heavy (non-hydrogen) atoms. The van der Waals surface area contributed by atoms with Gasteiger partial charge in [-0.1, -0.05) is 18.2 Å². The fraction of sp³-hybridized carbons (Fsp3) is 0.571. The van der Waals surface area contributed by atoms with Crippen LogP contribution in [0.25, 0.3) is 0 Å². The maximum Gasteiger partial charge on any atom is 0.123 e. The highest BCUT2D eigenvalue weighted by atomic mass is 16.5. The van der Waals surface area contributed by atoms with Crippen LogP contribution in [-0.2, 0) is 0 Å². The Hall–Kier alpha value is -1.06. The smallest absolute Gasteiger partial charge is 0.123 e. The van der Waals surface area contributed by atoms with Crippen molar-refractivity contribution >= 4 is 0 Å². The van der Waals surface area contributed by atoms with Crippen LogP contribution in [0.15, 0.2) is 24.3 Å². The number of para-hydroxylation sites is 1. The van der Waals surface area contributed by atoms with Crippen LogP contribution in [0, 0.1) is 0 Å². The monoisotopic (exact) mass is 232 g/mol. The third kappa shape index (κ3) is 1.65. The summed E-state index contributed by atoms with van der Waals surface area (Å²) in [6.45, 7) is 2.88. The van der Waals surface area contributed by atoms with Crippen molar-refractivity contribution in [3.8, 4) is 5.75 Å². The van der Waals surface area contributed by atoms with Gasteiger partial charge in [0.25, 0.3) is 0 Å². The molecule has 0 aliphatic carbocycles. The highest BCUT2D eigenvalue weighted by Crippen LogP contribution is 2.48. The third-order valence-corrected chi connectivity index (χ3v) is 4.31. The lowest BCUT2D eigenvalue weighted by Crippen LogP contribution is -2.49. The molecule has 0 amide bonds. The lowest BCUT2D eigenvalue weighted by atomic mass is 9.78. The van der Waals surface area contributed by atoms with E-state index in [-0.39, 0.29) is 5.60 Å². The van der Waals surface area contributed by atoms with Crippen molar-refractivity contribution in [3.05, 3.63) is 29.8 Å². The SMILES string of the molecule is CN1CCC2(CC1)Oc1ccccc1C2CN. The molecule has 3 heteroatoms. The summed E-state index contributed by atoms with van der Waals surface area (Å²) in [5.41, 5.74) is 7.26. The zero-order valence-corrected chi connectivity index (χ0v) is 10.4. The molecule has 3 rings (SSSR count). The van der Waals surface area contributed by atoms with Crippen molar-refractivity contribution in [2.24, 2.45) is 5.73 Å². The highest BCUT2D eigenvalue weighted by molar-refractivity contribution is 5.43. The number of nitrogens with two attached hydrogens (primary N) is 1. The minimum absolute atomic E-state index is 0.0368. The van der Waals surface area contributed by atoms with Crippen LogP contribution < -0.4 is 10.5 Å². The van der Waals surface area contributed by atoms with E-state index in [0.717, 1.165) is 31.7 Å². The van der Waals surface area contributed by atoms with E-state index in [9.17, 15) is 0 Å². The summed E-state index contributed by atoms with van der Waals surface area (Å²) in [6.07, 6.45) is 2.17. The van der Waals surface area contributed by atoms with E-state index >= 15 is 0 Å². The van der Waals surface area contributed by atoms with E-state index in [2.05, 4.69) is 30.1 Å². The van der Waals surface area contributed by atoms with E-state index in [1.165, 1.54) is 5.56 Å². The number of ether oxygens (including phenoxy) is 1. The molecule has 1 atom stereocenters. The number of fused-ring (bicyclic) bond motifs is 1. The molecule has 0 aromatic heterocycles. The van der Waals surface area contributed by atoms with Crippen molar-refractivity contribution < 1.29 is 4.74 Å². The molecule has 2 aliphatic heterocycles. The zero-order chi connectivity index (χ0) is 11.9. The Balaban J connectivity index is 1.94. The van der Waals surface area contributed by atoms with Gasteiger partial charge < -0.3 is 15.4 Å². The first-order chi connectivity index (χ1) is 8.25. The van der Waals surface area contributed by atoms with Crippen LogP contribution >= 0.6 is 0 Å². The van der Waals surface area contributed by atoms with E-state index in [0.29, 0.717) is 12.5 Å². The van der Waals surface area contributed by atoms with Gasteiger partial charge in [-0.15, -0.1) is 0 Å². The van der Waals surface area contributed by atoms with Gasteiger partial charge in [0.2, 0.25) is 0 Å². The Morgan fingerprint density at radius 1 is 1.35 bits per heavy atom. The molecule has 1 aromatic rings. The second-order valence-corrected chi connectivity index (χ2v) is 5.30. The molecular weight excluding hydrogens is 212 g/mol. The van der Waals surface area contributed by atoms with Gasteiger partial charge >= 0.3 is 0 Å². The van der Waals surface area contributed by atoms with Gasteiger partial charge in [0, 0.05) is 44.0 Å². The number of hydrogen-bond acceptors (Lipinski definition) is 3. The first kappa shape index (κ1) is 11.1.